The molecule has 0 fully saturated rings. The first-order valence-electron chi connectivity index (χ1n) is 9.63. The SMILES string of the molecule is CN1C[C@@H](c2cccc(-c3ccccn3)c2)c2cc(Cl)cc(Cl)c2C1OC(=O)C(F)(F)F. The van der Waals surface area contributed by atoms with E-state index in [1.165, 1.54) is 11.0 Å². The summed E-state index contributed by atoms with van der Waals surface area (Å²) in [5.41, 5.74) is 3.49. The van der Waals surface area contributed by atoms with Crippen LogP contribution in [0, 0.1) is 0 Å². The molecule has 0 saturated heterocycles. The second-order valence-corrected chi connectivity index (χ2v) is 8.32. The molecule has 4 nitrogen and oxygen atoms in total. The number of ether oxygens (including phenoxy) is 1. The third kappa shape index (κ3) is 4.46. The lowest BCUT2D eigenvalue weighted by Crippen LogP contribution is -2.40. The molecule has 0 amide bonds. The largest absolute Gasteiger partial charge is 0.490 e. The highest BCUT2D eigenvalue weighted by atomic mass is 35.5. The van der Waals surface area contributed by atoms with Crippen LogP contribution in [0.4, 0.5) is 13.2 Å². The Balaban J connectivity index is 1.79. The summed E-state index contributed by atoms with van der Waals surface area (Å²) in [6, 6.07) is 16.4. The Morgan fingerprint density at radius 3 is 2.59 bits per heavy atom. The maximum absolute atomic E-state index is 12.9. The van der Waals surface area contributed by atoms with Gasteiger partial charge in [0.15, 0.2) is 6.23 Å². The Morgan fingerprint density at radius 2 is 1.91 bits per heavy atom. The smallest absolute Gasteiger partial charge is 0.435 e. The molecule has 1 aliphatic heterocycles. The first kappa shape index (κ1) is 22.6. The van der Waals surface area contributed by atoms with Gasteiger partial charge in [-0.05, 0) is 48.5 Å². The Bertz CT molecular complexity index is 1160. The minimum atomic E-state index is -5.12. The van der Waals surface area contributed by atoms with Gasteiger partial charge in [0.25, 0.3) is 0 Å². The molecule has 9 heteroatoms. The molecule has 1 unspecified atom stereocenters. The molecule has 1 aliphatic rings. The molecule has 0 radical (unpaired) electrons. The van der Waals surface area contributed by atoms with E-state index in [1.54, 1.807) is 19.3 Å². The van der Waals surface area contributed by atoms with Gasteiger partial charge in [-0.3, -0.25) is 9.88 Å². The van der Waals surface area contributed by atoms with E-state index in [9.17, 15) is 18.0 Å². The highest BCUT2D eigenvalue weighted by Gasteiger charge is 2.45. The minimum absolute atomic E-state index is 0.130. The first-order valence-corrected chi connectivity index (χ1v) is 10.4. The van der Waals surface area contributed by atoms with Gasteiger partial charge in [0, 0.05) is 34.8 Å². The summed E-state index contributed by atoms with van der Waals surface area (Å²) < 4.78 is 43.4. The van der Waals surface area contributed by atoms with Crippen molar-refractivity contribution in [2.24, 2.45) is 0 Å². The number of likely N-dealkylation sites (N-methyl/N-ethyl adjacent to an activating group) is 1. The van der Waals surface area contributed by atoms with Crippen LogP contribution in [0.1, 0.15) is 28.8 Å². The molecule has 2 aromatic carbocycles. The molecule has 3 aromatic rings. The molecule has 4 rings (SSSR count). The lowest BCUT2D eigenvalue weighted by Gasteiger charge is -2.39. The van der Waals surface area contributed by atoms with Crippen LogP contribution in [-0.2, 0) is 9.53 Å². The van der Waals surface area contributed by atoms with Crippen molar-refractivity contribution in [3.05, 3.63) is 87.5 Å². The zero-order valence-electron chi connectivity index (χ0n) is 16.7. The van der Waals surface area contributed by atoms with Crippen LogP contribution in [-0.4, -0.2) is 35.6 Å². The second-order valence-electron chi connectivity index (χ2n) is 7.48. The van der Waals surface area contributed by atoms with E-state index in [4.69, 9.17) is 27.9 Å². The van der Waals surface area contributed by atoms with Gasteiger partial charge in [-0.1, -0.05) is 47.5 Å². The van der Waals surface area contributed by atoms with Gasteiger partial charge in [0.05, 0.1) is 10.7 Å². The lowest BCUT2D eigenvalue weighted by atomic mass is 9.83. The van der Waals surface area contributed by atoms with Crippen LogP contribution in [0.25, 0.3) is 11.3 Å². The molecule has 2 atom stereocenters. The standard InChI is InChI=1S/C23H17Cl2F3N2O2/c1-30-12-17(13-5-4-6-14(9-13)19-7-2-3-8-29-19)16-10-15(24)11-18(25)20(16)21(30)32-22(31)23(26,27)28/h2-11,17,21H,12H2,1H3/t17-,21?/m0/s1. The van der Waals surface area contributed by atoms with Crippen LogP contribution in [0.3, 0.4) is 0 Å². The number of hydrogen-bond donors (Lipinski definition) is 0. The number of carbonyl (C=O) groups is 1. The van der Waals surface area contributed by atoms with Crippen molar-refractivity contribution in [1.82, 2.24) is 9.88 Å². The predicted octanol–water partition coefficient (Wildman–Crippen LogP) is 6.24. The molecule has 166 valence electrons. The molecule has 0 saturated carbocycles. The van der Waals surface area contributed by atoms with E-state index in [1.807, 2.05) is 42.5 Å². The normalized spacial score (nSPS) is 18.8. The average molecular weight is 481 g/mol. The zero-order valence-corrected chi connectivity index (χ0v) is 18.2. The number of hydrogen-bond acceptors (Lipinski definition) is 4. The summed E-state index contributed by atoms with van der Waals surface area (Å²) in [6.07, 6.45) is -4.71. The number of fused-ring (bicyclic) bond motifs is 1. The van der Waals surface area contributed by atoms with Crippen LogP contribution in [0.5, 0.6) is 0 Å². The fourth-order valence-electron chi connectivity index (χ4n) is 3.91. The summed E-state index contributed by atoms with van der Waals surface area (Å²) in [7, 11) is 1.58. The average Bonchev–Trinajstić information content (AvgIpc) is 2.75. The van der Waals surface area contributed by atoms with E-state index in [-0.39, 0.29) is 23.0 Å². The van der Waals surface area contributed by atoms with Gasteiger partial charge in [0.1, 0.15) is 0 Å². The Labute approximate surface area is 192 Å². The molecule has 0 bridgehead atoms. The first-order chi connectivity index (χ1) is 15.1. The number of esters is 1. The molecule has 0 aliphatic carbocycles. The Kier molecular flexibility index (Phi) is 6.16. The number of alkyl halides is 3. The summed E-state index contributed by atoms with van der Waals surface area (Å²) in [5.74, 6) is -2.54. The van der Waals surface area contributed by atoms with Gasteiger partial charge < -0.3 is 4.74 Å². The molecular formula is C23H17Cl2F3N2O2. The fourth-order valence-corrected chi connectivity index (χ4v) is 4.51. The highest BCUT2D eigenvalue weighted by molar-refractivity contribution is 6.35. The van der Waals surface area contributed by atoms with Gasteiger partial charge >= 0.3 is 12.1 Å². The van der Waals surface area contributed by atoms with Gasteiger partial charge in [0.2, 0.25) is 0 Å². The number of carbonyl (C=O) groups excluding carboxylic acids is 1. The number of nitrogens with zero attached hydrogens (tertiary/aromatic N) is 2. The van der Waals surface area contributed by atoms with Crippen molar-refractivity contribution in [3.63, 3.8) is 0 Å². The van der Waals surface area contributed by atoms with Gasteiger partial charge in [-0.25, -0.2) is 4.79 Å². The molecular weight excluding hydrogens is 464 g/mol. The predicted molar refractivity (Wildman–Crippen MR) is 115 cm³/mol. The van der Waals surface area contributed by atoms with E-state index in [0.29, 0.717) is 10.6 Å². The third-order valence-corrected chi connectivity index (χ3v) is 5.85. The summed E-state index contributed by atoms with van der Waals surface area (Å²) >= 11 is 12.6. The van der Waals surface area contributed by atoms with Crippen LogP contribution < -0.4 is 0 Å². The fraction of sp³-hybridized carbons (Fsp3) is 0.217. The minimum Gasteiger partial charge on any atom is -0.435 e. The molecule has 1 aromatic heterocycles. The number of aromatic nitrogens is 1. The van der Waals surface area contributed by atoms with Crippen LogP contribution in [0.15, 0.2) is 60.8 Å². The maximum Gasteiger partial charge on any atom is 0.490 e. The van der Waals surface area contributed by atoms with Gasteiger partial charge in [-0.2, -0.15) is 13.2 Å². The maximum atomic E-state index is 12.9. The van der Waals surface area contributed by atoms with E-state index in [2.05, 4.69) is 4.98 Å². The van der Waals surface area contributed by atoms with Gasteiger partial charge in [-0.15, -0.1) is 0 Å². The summed E-state index contributed by atoms with van der Waals surface area (Å²) in [5, 5.41) is 0.468. The molecule has 32 heavy (non-hydrogen) atoms. The van der Waals surface area contributed by atoms with Crippen molar-refractivity contribution in [3.8, 4) is 11.3 Å². The topological polar surface area (TPSA) is 42.4 Å². The molecule has 0 N–H and O–H groups in total. The van der Waals surface area contributed by atoms with Crippen molar-refractivity contribution < 1.29 is 22.7 Å². The number of halogens is 5. The molecule has 2 heterocycles. The highest BCUT2D eigenvalue weighted by Crippen LogP contribution is 2.45. The van der Waals surface area contributed by atoms with Crippen molar-refractivity contribution in [2.45, 2.75) is 18.3 Å². The quantitative estimate of drug-likeness (QED) is 0.416. The monoisotopic (exact) mass is 480 g/mol. The van der Waals surface area contributed by atoms with Crippen molar-refractivity contribution in [1.29, 1.82) is 0 Å². The summed E-state index contributed by atoms with van der Waals surface area (Å²) in [4.78, 5) is 17.5. The Hall–Kier alpha value is -2.61. The van der Waals surface area contributed by atoms with Crippen LogP contribution >= 0.6 is 23.2 Å². The number of pyridine rings is 1. The van der Waals surface area contributed by atoms with Crippen LogP contribution in [0.2, 0.25) is 10.0 Å². The lowest BCUT2D eigenvalue weighted by molar-refractivity contribution is -0.213. The van der Waals surface area contributed by atoms with E-state index < -0.39 is 18.4 Å². The third-order valence-electron chi connectivity index (χ3n) is 5.32. The van der Waals surface area contributed by atoms with Crippen molar-refractivity contribution >= 4 is 29.2 Å². The van der Waals surface area contributed by atoms with E-state index in [0.717, 1.165) is 16.8 Å². The van der Waals surface area contributed by atoms with E-state index >= 15 is 0 Å². The summed E-state index contributed by atoms with van der Waals surface area (Å²) in [6.45, 7) is 0.283. The van der Waals surface area contributed by atoms with Crippen molar-refractivity contribution in [2.75, 3.05) is 13.6 Å². The Morgan fingerprint density at radius 1 is 1.12 bits per heavy atom. The molecule has 0 spiro atoms. The second kappa shape index (κ2) is 8.73. The number of rotatable bonds is 3. The zero-order chi connectivity index (χ0) is 23.0. The number of benzene rings is 2.